The zero-order valence-corrected chi connectivity index (χ0v) is 15.8. The number of hydrogen-bond donors (Lipinski definition) is 1. The molecule has 0 aromatic heterocycles. The minimum absolute atomic E-state index is 0.308. The molecule has 6 nitrogen and oxygen atoms in total. The maximum atomic E-state index is 12.1. The van der Waals surface area contributed by atoms with Crippen LogP contribution < -0.4 is 14.8 Å². The van der Waals surface area contributed by atoms with Crippen molar-refractivity contribution in [2.75, 3.05) is 20.3 Å². The summed E-state index contributed by atoms with van der Waals surface area (Å²) in [7, 11) is 1.51. The minimum atomic E-state index is -0.581. The smallest absolute Gasteiger partial charge is 0.338 e. The fourth-order valence-electron chi connectivity index (χ4n) is 1.96. The van der Waals surface area contributed by atoms with Gasteiger partial charge in [-0.1, -0.05) is 20.3 Å². The normalized spacial score (nSPS) is 10.9. The van der Waals surface area contributed by atoms with Crippen LogP contribution in [-0.4, -0.2) is 37.7 Å². The third kappa shape index (κ3) is 7.03. The van der Waals surface area contributed by atoms with E-state index in [2.05, 4.69) is 12.2 Å². The molecule has 0 aliphatic heterocycles. The van der Waals surface area contributed by atoms with E-state index in [0.29, 0.717) is 23.7 Å². The molecule has 140 valence electrons. The molecule has 0 saturated heterocycles. The molecule has 0 heterocycles. The van der Waals surface area contributed by atoms with Gasteiger partial charge in [0.25, 0.3) is 5.91 Å². The first-order valence-electron chi connectivity index (χ1n) is 8.62. The van der Waals surface area contributed by atoms with E-state index in [0.717, 1.165) is 19.3 Å². The average molecular weight is 351 g/mol. The summed E-state index contributed by atoms with van der Waals surface area (Å²) in [4.78, 5) is 24.0. The zero-order valence-electron chi connectivity index (χ0n) is 15.8. The van der Waals surface area contributed by atoms with Crippen LogP contribution in [0.4, 0.5) is 0 Å². The first kappa shape index (κ1) is 20.8. The van der Waals surface area contributed by atoms with Gasteiger partial charge in [0.2, 0.25) is 0 Å². The van der Waals surface area contributed by atoms with Gasteiger partial charge in [-0.15, -0.1) is 0 Å². The van der Waals surface area contributed by atoms with E-state index >= 15 is 0 Å². The molecule has 1 rings (SSSR count). The standard InChI is InChI=1S/C19H29NO5/c1-6-8-11-24-15-10-9-14(12-16(15)23-5)18(22)25-13-17(21)20-19(3,4)7-2/h9-10,12H,6-8,11,13H2,1-5H3,(H,20,21). The van der Waals surface area contributed by atoms with Gasteiger partial charge in [-0.05, 0) is 44.9 Å². The van der Waals surface area contributed by atoms with Crippen LogP contribution in [0.25, 0.3) is 0 Å². The fourth-order valence-corrected chi connectivity index (χ4v) is 1.96. The summed E-state index contributed by atoms with van der Waals surface area (Å²) >= 11 is 0. The third-order valence-corrected chi connectivity index (χ3v) is 3.85. The van der Waals surface area contributed by atoms with Crippen LogP contribution in [0.1, 0.15) is 57.3 Å². The van der Waals surface area contributed by atoms with E-state index in [9.17, 15) is 9.59 Å². The van der Waals surface area contributed by atoms with Crippen LogP contribution in [0.2, 0.25) is 0 Å². The number of benzene rings is 1. The largest absolute Gasteiger partial charge is 0.493 e. The van der Waals surface area contributed by atoms with Gasteiger partial charge in [0, 0.05) is 5.54 Å². The molecule has 0 fully saturated rings. The highest BCUT2D eigenvalue weighted by Gasteiger charge is 2.19. The Kier molecular flexibility index (Phi) is 8.25. The van der Waals surface area contributed by atoms with E-state index in [1.165, 1.54) is 7.11 Å². The second-order valence-corrected chi connectivity index (χ2v) is 6.43. The highest BCUT2D eigenvalue weighted by molar-refractivity contribution is 5.92. The lowest BCUT2D eigenvalue weighted by atomic mass is 10.0. The Morgan fingerprint density at radius 3 is 2.48 bits per heavy atom. The Hall–Kier alpha value is -2.24. The van der Waals surface area contributed by atoms with E-state index in [1.54, 1.807) is 18.2 Å². The van der Waals surface area contributed by atoms with E-state index in [-0.39, 0.29) is 18.1 Å². The fraction of sp³-hybridized carbons (Fsp3) is 0.579. The number of unbranched alkanes of at least 4 members (excludes halogenated alkanes) is 1. The number of methoxy groups -OCH3 is 1. The first-order chi connectivity index (χ1) is 11.8. The summed E-state index contributed by atoms with van der Waals surface area (Å²) in [5.74, 6) is 0.131. The number of carbonyl (C=O) groups is 2. The third-order valence-electron chi connectivity index (χ3n) is 3.85. The van der Waals surface area contributed by atoms with Crippen molar-refractivity contribution in [1.82, 2.24) is 5.32 Å². The summed E-state index contributed by atoms with van der Waals surface area (Å²) < 4.78 is 16.0. The van der Waals surface area contributed by atoms with Crippen molar-refractivity contribution in [3.8, 4) is 11.5 Å². The number of esters is 1. The Balaban J connectivity index is 2.65. The lowest BCUT2D eigenvalue weighted by Crippen LogP contribution is -2.44. The summed E-state index contributed by atoms with van der Waals surface area (Å²) in [5, 5.41) is 2.81. The van der Waals surface area contributed by atoms with Crippen molar-refractivity contribution in [3.05, 3.63) is 23.8 Å². The molecule has 0 unspecified atom stereocenters. The summed E-state index contributed by atoms with van der Waals surface area (Å²) in [5.41, 5.74) is -0.0215. The van der Waals surface area contributed by atoms with Crippen molar-refractivity contribution in [3.63, 3.8) is 0 Å². The van der Waals surface area contributed by atoms with Gasteiger partial charge >= 0.3 is 5.97 Å². The molecule has 0 spiro atoms. The molecule has 6 heteroatoms. The lowest BCUT2D eigenvalue weighted by Gasteiger charge is -2.24. The van der Waals surface area contributed by atoms with Gasteiger partial charge in [-0.25, -0.2) is 4.79 Å². The van der Waals surface area contributed by atoms with Gasteiger partial charge in [0.1, 0.15) is 0 Å². The molecule has 0 bridgehead atoms. The molecule has 25 heavy (non-hydrogen) atoms. The van der Waals surface area contributed by atoms with Gasteiger partial charge < -0.3 is 19.5 Å². The van der Waals surface area contributed by atoms with Crippen LogP contribution in [-0.2, 0) is 9.53 Å². The summed E-state index contributed by atoms with van der Waals surface area (Å²) in [6.45, 7) is 8.15. The Bertz CT molecular complexity index is 583. The molecule has 1 amide bonds. The average Bonchev–Trinajstić information content (AvgIpc) is 2.59. The number of hydrogen-bond acceptors (Lipinski definition) is 5. The van der Waals surface area contributed by atoms with Crippen LogP contribution in [0.3, 0.4) is 0 Å². The quantitative estimate of drug-likeness (QED) is 0.517. The Labute approximate surface area is 149 Å². The van der Waals surface area contributed by atoms with Crippen molar-refractivity contribution in [1.29, 1.82) is 0 Å². The topological polar surface area (TPSA) is 73.9 Å². The maximum absolute atomic E-state index is 12.1. The lowest BCUT2D eigenvalue weighted by molar-refractivity contribution is -0.125. The SMILES string of the molecule is CCCCOc1ccc(C(=O)OCC(=O)NC(C)(C)CC)cc1OC. The van der Waals surface area contributed by atoms with Crippen molar-refractivity contribution < 1.29 is 23.8 Å². The molecule has 1 N–H and O–H groups in total. The van der Waals surface area contributed by atoms with E-state index in [4.69, 9.17) is 14.2 Å². The molecule has 0 atom stereocenters. The minimum Gasteiger partial charge on any atom is -0.493 e. The van der Waals surface area contributed by atoms with Gasteiger partial charge in [-0.2, -0.15) is 0 Å². The predicted octanol–water partition coefficient (Wildman–Crippen LogP) is 3.34. The summed E-state index contributed by atoms with van der Waals surface area (Å²) in [6.07, 6.45) is 2.75. The molecule has 0 saturated carbocycles. The summed E-state index contributed by atoms with van der Waals surface area (Å²) in [6, 6.07) is 4.82. The van der Waals surface area contributed by atoms with Gasteiger partial charge in [0.05, 0.1) is 19.3 Å². The highest BCUT2D eigenvalue weighted by atomic mass is 16.5. The van der Waals surface area contributed by atoms with Gasteiger partial charge in [0.15, 0.2) is 18.1 Å². The van der Waals surface area contributed by atoms with Crippen molar-refractivity contribution >= 4 is 11.9 Å². The molecular formula is C19H29NO5. The van der Waals surface area contributed by atoms with E-state index in [1.807, 2.05) is 20.8 Å². The van der Waals surface area contributed by atoms with Gasteiger partial charge in [-0.3, -0.25) is 4.79 Å². The van der Waals surface area contributed by atoms with Crippen LogP contribution in [0, 0.1) is 0 Å². The predicted molar refractivity (Wildman–Crippen MR) is 96.2 cm³/mol. The first-order valence-corrected chi connectivity index (χ1v) is 8.62. The molecular weight excluding hydrogens is 322 g/mol. The number of ether oxygens (including phenoxy) is 3. The van der Waals surface area contributed by atoms with E-state index < -0.39 is 5.97 Å². The number of carbonyl (C=O) groups excluding carboxylic acids is 2. The molecule has 0 aliphatic carbocycles. The Morgan fingerprint density at radius 1 is 1.16 bits per heavy atom. The second kappa shape index (κ2) is 9.91. The molecule has 0 radical (unpaired) electrons. The molecule has 0 aliphatic rings. The van der Waals surface area contributed by atoms with Crippen molar-refractivity contribution in [2.45, 2.75) is 52.5 Å². The second-order valence-electron chi connectivity index (χ2n) is 6.43. The van der Waals surface area contributed by atoms with Crippen molar-refractivity contribution in [2.24, 2.45) is 0 Å². The number of nitrogens with one attached hydrogen (secondary N) is 1. The number of rotatable bonds is 10. The van der Waals surface area contributed by atoms with Crippen LogP contribution >= 0.6 is 0 Å². The Morgan fingerprint density at radius 2 is 1.88 bits per heavy atom. The molecule has 1 aromatic rings. The van der Waals surface area contributed by atoms with Crippen LogP contribution in [0.15, 0.2) is 18.2 Å². The van der Waals surface area contributed by atoms with Crippen LogP contribution in [0.5, 0.6) is 11.5 Å². The number of amides is 1. The maximum Gasteiger partial charge on any atom is 0.338 e. The monoisotopic (exact) mass is 351 g/mol. The molecule has 1 aromatic carbocycles. The highest BCUT2D eigenvalue weighted by Crippen LogP contribution is 2.28. The zero-order chi connectivity index (χ0) is 18.9.